The van der Waals surface area contributed by atoms with Gasteiger partial charge in [-0.25, -0.2) is 4.98 Å². The first-order valence-electron chi connectivity index (χ1n) is 5.81. The van der Waals surface area contributed by atoms with Crippen molar-refractivity contribution in [2.45, 2.75) is 19.4 Å². The number of primary amides is 1. The van der Waals surface area contributed by atoms with Crippen molar-refractivity contribution in [2.75, 3.05) is 26.2 Å². The van der Waals surface area contributed by atoms with Gasteiger partial charge in [0.15, 0.2) is 0 Å². The zero-order valence-corrected chi connectivity index (χ0v) is 10.8. The first kappa shape index (κ1) is 12.5. The lowest BCUT2D eigenvalue weighted by atomic mass is 10.1. The number of piperazine rings is 1. The summed E-state index contributed by atoms with van der Waals surface area (Å²) in [5, 5.41) is 3.20. The Hall–Kier alpha value is -0.980. The summed E-state index contributed by atoms with van der Waals surface area (Å²) >= 11 is 1.68. The fourth-order valence-corrected chi connectivity index (χ4v) is 2.88. The third kappa shape index (κ3) is 3.02. The summed E-state index contributed by atoms with van der Waals surface area (Å²) < 4.78 is 0. The minimum Gasteiger partial charge on any atom is -0.368 e. The second kappa shape index (κ2) is 5.57. The first-order chi connectivity index (χ1) is 8.18. The Morgan fingerprint density at radius 1 is 1.76 bits per heavy atom. The number of carbonyl (C=O) groups is 1. The van der Waals surface area contributed by atoms with Gasteiger partial charge in [-0.05, 0) is 13.3 Å². The SMILES string of the molecule is Cc1ncsc1CCN1CCNCC1C(N)=O. The maximum Gasteiger partial charge on any atom is 0.236 e. The van der Waals surface area contributed by atoms with Gasteiger partial charge in [0.1, 0.15) is 6.04 Å². The number of amides is 1. The Morgan fingerprint density at radius 3 is 3.24 bits per heavy atom. The number of nitrogens with zero attached hydrogens (tertiary/aromatic N) is 2. The van der Waals surface area contributed by atoms with Crippen molar-refractivity contribution in [2.24, 2.45) is 5.73 Å². The number of nitrogens with one attached hydrogen (secondary N) is 1. The van der Waals surface area contributed by atoms with E-state index < -0.39 is 0 Å². The number of thiazole rings is 1. The van der Waals surface area contributed by atoms with Gasteiger partial charge in [-0.15, -0.1) is 11.3 Å². The largest absolute Gasteiger partial charge is 0.368 e. The lowest BCUT2D eigenvalue weighted by Crippen LogP contribution is -2.57. The molecule has 0 bridgehead atoms. The van der Waals surface area contributed by atoms with E-state index in [0.717, 1.165) is 31.7 Å². The molecule has 1 unspecified atom stereocenters. The van der Waals surface area contributed by atoms with Crippen molar-refractivity contribution < 1.29 is 4.79 Å². The molecule has 1 fully saturated rings. The molecule has 1 aromatic rings. The third-order valence-corrected chi connectivity index (χ3v) is 4.15. The standard InChI is InChI=1S/C11H18N4OS/c1-8-10(17-7-14-8)2-4-15-5-3-13-6-9(15)11(12)16/h7,9,13H,2-6H2,1H3,(H2,12,16). The maximum absolute atomic E-state index is 11.3. The molecule has 17 heavy (non-hydrogen) atoms. The highest BCUT2D eigenvalue weighted by molar-refractivity contribution is 7.09. The molecule has 0 aliphatic carbocycles. The van der Waals surface area contributed by atoms with Crippen LogP contribution in [0.3, 0.4) is 0 Å². The monoisotopic (exact) mass is 254 g/mol. The summed E-state index contributed by atoms with van der Waals surface area (Å²) in [6, 6.07) is -0.169. The predicted octanol–water partition coefficient (Wildman–Crippen LogP) is -0.247. The van der Waals surface area contributed by atoms with Crippen molar-refractivity contribution in [3.63, 3.8) is 0 Å². The molecule has 0 radical (unpaired) electrons. The van der Waals surface area contributed by atoms with Gasteiger partial charge in [-0.3, -0.25) is 9.69 Å². The van der Waals surface area contributed by atoms with E-state index in [0.29, 0.717) is 6.54 Å². The van der Waals surface area contributed by atoms with Crippen molar-refractivity contribution in [3.05, 3.63) is 16.1 Å². The van der Waals surface area contributed by atoms with Crippen LogP contribution in [0.1, 0.15) is 10.6 Å². The molecule has 2 rings (SSSR count). The fourth-order valence-electron chi connectivity index (χ4n) is 2.11. The fraction of sp³-hybridized carbons (Fsp3) is 0.636. The van der Waals surface area contributed by atoms with Gasteiger partial charge in [0, 0.05) is 31.1 Å². The van der Waals surface area contributed by atoms with Crippen LogP contribution in [-0.4, -0.2) is 48.0 Å². The Balaban J connectivity index is 1.92. The molecular weight excluding hydrogens is 236 g/mol. The molecule has 3 N–H and O–H groups in total. The van der Waals surface area contributed by atoms with Crippen molar-refractivity contribution in [1.29, 1.82) is 0 Å². The van der Waals surface area contributed by atoms with Crippen LogP contribution in [0.15, 0.2) is 5.51 Å². The summed E-state index contributed by atoms with van der Waals surface area (Å²) in [5.74, 6) is -0.238. The number of carbonyl (C=O) groups excluding carboxylic acids is 1. The summed E-state index contributed by atoms with van der Waals surface area (Å²) in [6.45, 7) is 5.36. The van der Waals surface area contributed by atoms with E-state index >= 15 is 0 Å². The number of aryl methyl sites for hydroxylation is 1. The highest BCUT2D eigenvalue weighted by atomic mass is 32.1. The van der Waals surface area contributed by atoms with Gasteiger partial charge in [0.05, 0.1) is 11.2 Å². The summed E-state index contributed by atoms with van der Waals surface area (Å²) in [7, 11) is 0. The van der Waals surface area contributed by atoms with E-state index in [1.807, 2.05) is 12.4 Å². The number of rotatable bonds is 4. The zero-order valence-electron chi connectivity index (χ0n) is 9.98. The topological polar surface area (TPSA) is 71.2 Å². The van der Waals surface area contributed by atoms with Gasteiger partial charge in [-0.2, -0.15) is 0 Å². The average molecular weight is 254 g/mol. The van der Waals surface area contributed by atoms with Crippen molar-refractivity contribution >= 4 is 17.2 Å². The minimum atomic E-state index is -0.238. The summed E-state index contributed by atoms with van der Waals surface area (Å²) in [5.41, 5.74) is 8.37. The van der Waals surface area contributed by atoms with Gasteiger partial charge in [-0.1, -0.05) is 0 Å². The second-order valence-corrected chi connectivity index (χ2v) is 5.21. The molecule has 1 amide bonds. The minimum absolute atomic E-state index is 0.169. The molecule has 0 spiro atoms. The normalized spacial score (nSPS) is 21.6. The molecule has 1 aliphatic rings. The molecule has 1 atom stereocenters. The van der Waals surface area contributed by atoms with E-state index in [1.165, 1.54) is 4.88 Å². The molecule has 5 nitrogen and oxygen atoms in total. The average Bonchev–Trinajstić information content (AvgIpc) is 2.72. The molecule has 1 saturated heterocycles. The van der Waals surface area contributed by atoms with E-state index in [4.69, 9.17) is 5.73 Å². The zero-order chi connectivity index (χ0) is 12.3. The Bertz CT molecular complexity index is 393. The van der Waals surface area contributed by atoms with Crippen LogP contribution in [-0.2, 0) is 11.2 Å². The van der Waals surface area contributed by atoms with Gasteiger partial charge in [0.2, 0.25) is 5.91 Å². The van der Waals surface area contributed by atoms with Gasteiger partial charge in [0.25, 0.3) is 0 Å². The number of hydrogen-bond acceptors (Lipinski definition) is 5. The van der Waals surface area contributed by atoms with E-state index in [-0.39, 0.29) is 11.9 Å². The molecule has 1 aromatic heterocycles. The van der Waals surface area contributed by atoms with Crippen molar-refractivity contribution in [1.82, 2.24) is 15.2 Å². The van der Waals surface area contributed by atoms with Crippen LogP contribution in [0, 0.1) is 6.92 Å². The molecule has 1 aliphatic heterocycles. The van der Waals surface area contributed by atoms with Crippen LogP contribution < -0.4 is 11.1 Å². The number of nitrogens with two attached hydrogens (primary N) is 1. The lowest BCUT2D eigenvalue weighted by molar-refractivity contribution is -0.123. The number of aromatic nitrogens is 1. The summed E-state index contributed by atoms with van der Waals surface area (Å²) in [4.78, 5) is 19.0. The molecule has 0 saturated carbocycles. The molecule has 0 aromatic carbocycles. The molecule has 2 heterocycles. The van der Waals surface area contributed by atoms with E-state index in [9.17, 15) is 4.79 Å². The van der Waals surface area contributed by atoms with E-state index in [2.05, 4.69) is 15.2 Å². The van der Waals surface area contributed by atoms with Crippen LogP contribution >= 0.6 is 11.3 Å². The molecular formula is C11H18N4OS. The maximum atomic E-state index is 11.3. The first-order valence-corrected chi connectivity index (χ1v) is 6.69. The van der Waals surface area contributed by atoms with E-state index in [1.54, 1.807) is 11.3 Å². The highest BCUT2D eigenvalue weighted by Gasteiger charge is 2.26. The second-order valence-electron chi connectivity index (χ2n) is 4.27. The number of hydrogen-bond donors (Lipinski definition) is 2. The van der Waals surface area contributed by atoms with Gasteiger partial charge < -0.3 is 11.1 Å². The lowest BCUT2D eigenvalue weighted by Gasteiger charge is -2.33. The Labute approximate surface area is 105 Å². The van der Waals surface area contributed by atoms with Crippen LogP contribution in [0.25, 0.3) is 0 Å². The van der Waals surface area contributed by atoms with Crippen LogP contribution in [0.2, 0.25) is 0 Å². The Morgan fingerprint density at radius 2 is 2.59 bits per heavy atom. The summed E-state index contributed by atoms with van der Waals surface area (Å²) in [6.07, 6.45) is 0.945. The van der Waals surface area contributed by atoms with Gasteiger partial charge >= 0.3 is 0 Å². The predicted molar refractivity (Wildman–Crippen MR) is 68.0 cm³/mol. The Kier molecular flexibility index (Phi) is 4.09. The molecule has 6 heteroatoms. The quantitative estimate of drug-likeness (QED) is 0.777. The van der Waals surface area contributed by atoms with Crippen LogP contribution in [0.4, 0.5) is 0 Å². The highest BCUT2D eigenvalue weighted by Crippen LogP contribution is 2.14. The molecule has 94 valence electrons. The van der Waals surface area contributed by atoms with Crippen molar-refractivity contribution in [3.8, 4) is 0 Å². The smallest absolute Gasteiger partial charge is 0.236 e. The van der Waals surface area contributed by atoms with Crippen LogP contribution in [0.5, 0.6) is 0 Å². The third-order valence-electron chi connectivity index (χ3n) is 3.15.